The monoisotopic (exact) mass is 403 g/mol. The fraction of sp³-hybridized carbons (Fsp3) is 0.409. The van der Waals surface area contributed by atoms with Crippen molar-refractivity contribution < 1.29 is 18.6 Å². The normalized spacial score (nSPS) is 12.4. The number of aliphatic imine (C=N–C) groups is 1. The second-order valence-electron chi connectivity index (χ2n) is 6.62. The highest BCUT2D eigenvalue weighted by molar-refractivity contribution is 5.79. The Kier molecular flexibility index (Phi) is 9.24. The number of nitrogens with one attached hydrogen (secondary N) is 2. The Hall–Kier alpha value is -2.80. The van der Waals surface area contributed by atoms with Crippen LogP contribution in [0.25, 0.3) is 0 Å². The summed E-state index contributed by atoms with van der Waals surface area (Å²) in [6, 6.07) is 12.4. The lowest BCUT2D eigenvalue weighted by molar-refractivity contribution is 0.145. The molecule has 0 bridgehead atoms. The summed E-state index contributed by atoms with van der Waals surface area (Å²) in [5.41, 5.74) is 2.15. The van der Waals surface area contributed by atoms with Crippen molar-refractivity contribution in [3.05, 3.63) is 59.4 Å². The first-order valence-corrected chi connectivity index (χ1v) is 9.60. The van der Waals surface area contributed by atoms with Gasteiger partial charge in [0, 0.05) is 26.3 Å². The summed E-state index contributed by atoms with van der Waals surface area (Å²) in [6.45, 7) is 5.94. The van der Waals surface area contributed by atoms with Gasteiger partial charge in [0.1, 0.15) is 18.5 Å². The Morgan fingerprint density at radius 2 is 1.90 bits per heavy atom. The number of guanidine groups is 1. The summed E-state index contributed by atoms with van der Waals surface area (Å²) in [4.78, 5) is 4.23. The van der Waals surface area contributed by atoms with Crippen molar-refractivity contribution in [1.29, 1.82) is 0 Å². The molecule has 0 spiro atoms. The predicted octanol–water partition coefficient (Wildman–Crippen LogP) is 3.29. The molecule has 29 heavy (non-hydrogen) atoms. The van der Waals surface area contributed by atoms with Crippen LogP contribution in [0.2, 0.25) is 0 Å². The maximum absolute atomic E-state index is 13.7. The molecule has 2 rings (SSSR count). The second kappa shape index (κ2) is 11.9. The molecule has 7 heteroatoms. The second-order valence-corrected chi connectivity index (χ2v) is 6.62. The van der Waals surface area contributed by atoms with Crippen molar-refractivity contribution in [3.8, 4) is 11.5 Å². The van der Waals surface area contributed by atoms with Gasteiger partial charge in [-0.15, -0.1) is 0 Å². The molecule has 0 saturated carbocycles. The minimum Gasteiger partial charge on any atom is -0.491 e. The summed E-state index contributed by atoms with van der Waals surface area (Å²) >= 11 is 0. The molecule has 0 aromatic heterocycles. The van der Waals surface area contributed by atoms with E-state index in [-0.39, 0.29) is 17.7 Å². The molecule has 0 fully saturated rings. The molecule has 2 aromatic carbocycles. The van der Waals surface area contributed by atoms with Crippen molar-refractivity contribution in [2.75, 3.05) is 33.9 Å². The van der Waals surface area contributed by atoms with Crippen molar-refractivity contribution in [3.63, 3.8) is 0 Å². The van der Waals surface area contributed by atoms with Crippen molar-refractivity contribution >= 4 is 5.96 Å². The number of benzene rings is 2. The minimum absolute atomic E-state index is 0.238. The minimum atomic E-state index is -0.373. The number of para-hydroxylation sites is 1. The van der Waals surface area contributed by atoms with Crippen molar-refractivity contribution in [2.24, 2.45) is 4.99 Å². The van der Waals surface area contributed by atoms with Crippen LogP contribution in [0.15, 0.2) is 47.5 Å². The van der Waals surface area contributed by atoms with E-state index in [2.05, 4.69) is 15.6 Å². The van der Waals surface area contributed by atoms with Gasteiger partial charge in [-0.2, -0.15) is 0 Å². The molecule has 0 aliphatic heterocycles. The zero-order valence-corrected chi connectivity index (χ0v) is 17.5. The number of hydrogen-bond acceptors (Lipinski definition) is 4. The summed E-state index contributed by atoms with van der Waals surface area (Å²) in [7, 11) is 3.34. The van der Waals surface area contributed by atoms with Gasteiger partial charge in [-0.3, -0.25) is 4.99 Å². The van der Waals surface area contributed by atoms with E-state index in [0.717, 1.165) is 16.9 Å². The molecule has 2 aromatic rings. The van der Waals surface area contributed by atoms with E-state index in [1.807, 2.05) is 32.0 Å². The third kappa shape index (κ3) is 7.62. The summed E-state index contributed by atoms with van der Waals surface area (Å²) < 4.78 is 30.2. The van der Waals surface area contributed by atoms with Crippen LogP contribution in [0, 0.1) is 12.7 Å². The Morgan fingerprint density at radius 3 is 2.62 bits per heavy atom. The molecule has 0 radical (unpaired) electrons. The van der Waals surface area contributed by atoms with Gasteiger partial charge in [-0.25, -0.2) is 4.39 Å². The highest BCUT2D eigenvalue weighted by Gasteiger charge is 2.10. The van der Waals surface area contributed by atoms with E-state index in [9.17, 15) is 4.39 Å². The van der Waals surface area contributed by atoms with Gasteiger partial charge in [0.2, 0.25) is 0 Å². The fourth-order valence-electron chi connectivity index (χ4n) is 2.62. The van der Waals surface area contributed by atoms with Crippen LogP contribution in [0.1, 0.15) is 18.1 Å². The van der Waals surface area contributed by atoms with Crippen molar-refractivity contribution in [2.45, 2.75) is 26.5 Å². The van der Waals surface area contributed by atoms with Crippen LogP contribution in [-0.4, -0.2) is 46.0 Å². The van der Waals surface area contributed by atoms with E-state index in [4.69, 9.17) is 14.2 Å². The molecule has 6 nitrogen and oxygen atoms in total. The number of hydrogen-bond donors (Lipinski definition) is 2. The average molecular weight is 403 g/mol. The van der Waals surface area contributed by atoms with Gasteiger partial charge < -0.3 is 24.8 Å². The SMILES string of the molecule is CN=C(NCc1ccc(C)cc1OCCOC)NCC(C)Oc1ccccc1F. The van der Waals surface area contributed by atoms with Crippen LogP contribution in [0.4, 0.5) is 4.39 Å². The average Bonchev–Trinajstić information content (AvgIpc) is 2.71. The standard InChI is InChI=1S/C22H30FN3O3/c1-16-9-10-18(21(13-16)28-12-11-27-4)15-26-22(24-3)25-14-17(2)29-20-8-6-5-7-19(20)23/h5-10,13,17H,11-12,14-15H2,1-4H3,(H2,24,25,26). The van der Waals surface area contributed by atoms with E-state index < -0.39 is 0 Å². The number of nitrogens with zero attached hydrogens (tertiary/aromatic N) is 1. The molecule has 2 N–H and O–H groups in total. The lowest BCUT2D eigenvalue weighted by Gasteiger charge is -2.19. The molecule has 0 saturated heterocycles. The van der Waals surface area contributed by atoms with Gasteiger partial charge >= 0.3 is 0 Å². The lowest BCUT2D eigenvalue weighted by Crippen LogP contribution is -2.41. The summed E-state index contributed by atoms with van der Waals surface area (Å²) in [6.07, 6.45) is -0.238. The molecule has 158 valence electrons. The van der Waals surface area contributed by atoms with Crippen LogP contribution >= 0.6 is 0 Å². The van der Waals surface area contributed by atoms with Gasteiger partial charge in [-0.1, -0.05) is 24.3 Å². The van der Waals surface area contributed by atoms with Gasteiger partial charge in [0.05, 0.1) is 13.2 Å². The highest BCUT2D eigenvalue weighted by atomic mass is 19.1. The Balaban J connectivity index is 1.86. The quantitative estimate of drug-likeness (QED) is 0.362. The molecule has 0 heterocycles. The predicted molar refractivity (Wildman–Crippen MR) is 113 cm³/mol. The number of ether oxygens (including phenoxy) is 3. The highest BCUT2D eigenvalue weighted by Crippen LogP contribution is 2.20. The third-order valence-corrected chi connectivity index (χ3v) is 4.16. The largest absolute Gasteiger partial charge is 0.491 e. The molecular weight excluding hydrogens is 373 g/mol. The summed E-state index contributed by atoms with van der Waals surface area (Å²) in [5, 5.41) is 6.46. The first kappa shape index (κ1) is 22.5. The van der Waals surface area contributed by atoms with Crippen LogP contribution in [-0.2, 0) is 11.3 Å². The Morgan fingerprint density at radius 1 is 1.10 bits per heavy atom. The van der Waals surface area contributed by atoms with E-state index in [0.29, 0.717) is 32.3 Å². The number of halogens is 1. The Bertz CT molecular complexity index is 799. The first-order valence-electron chi connectivity index (χ1n) is 9.60. The fourth-order valence-corrected chi connectivity index (χ4v) is 2.62. The molecule has 0 amide bonds. The van der Waals surface area contributed by atoms with Crippen LogP contribution in [0.3, 0.4) is 0 Å². The van der Waals surface area contributed by atoms with Gasteiger partial charge in [-0.05, 0) is 37.6 Å². The number of methoxy groups -OCH3 is 1. The zero-order chi connectivity index (χ0) is 21.1. The molecule has 1 unspecified atom stereocenters. The Labute approximate surface area is 172 Å². The van der Waals surface area contributed by atoms with E-state index in [1.165, 1.54) is 6.07 Å². The first-order chi connectivity index (χ1) is 14.0. The lowest BCUT2D eigenvalue weighted by atomic mass is 10.1. The van der Waals surface area contributed by atoms with E-state index in [1.54, 1.807) is 32.4 Å². The number of aryl methyl sites for hydroxylation is 1. The van der Waals surface area contributed by atoms with Crippen LogP contribution < -0.4 is 20.1 Å². The van der Waals surface area contributed by atoms with Crippen molar-refractivity contribution in [1.82, 2.24) is 10.6 Å². The van der Waals surface area contributed by atoms with Gasteiger partial charge in [0.15, 0.2) is 17.5 Å². The molecule has 1 atom stereocenters. The van der Waals surface area contributed by atoms with Gasteiger partial charge in [0.25, 0.3) is 0 Å². The maximum Gasteiger partial charge on any atom is 0.191 e. The third-order valence-electron chi connectivity index (χ3n) is 4.16. The number of rotatable bonds is 10. The van der Waals surface area contributed by atoms with Crippen LogP contribution in [0.5, 0.6) is 11.5 Å². The molecule has 0 aliphatic carbocycles. The van der Waals surface area contributed by atoms with E-state index >= 15 is 0 Å². The summed E-state index contributed by atoms with van der Waals surface area (Å²) in [5.74, 6) is 1.31. The maximum atomic E-state index is 13.7. The smallest absolute Gasteiger partial charge is 0.191 e. The molecular formula is C22H30FN3O3. The molecule has 0 aliphatic rings. The topological polar surface area (TPSA) is 64.1 Å². The zero-order valence-electron chi connectivity index (χ0n) is 17.5.